The van der Waals surface area contributed by atoms with Gasteiger partial charge in [-0.3, -0.25) is 0 Å². The number of carbonyl (C=O) groups excluding carboxylic acids is 2. The summed E-state index contributed by atoms with van der Waals surface area (Å²) in [6, 6.07) is 13.6. The zero-order chi connectivity index (χ0) is 32.5. The fourth-order valence-corrected chi connectivity index (χ4v) is 6.08. The molecule has 2 fully saturated rings. The lowest BCUT2D eigenvalue weighted by Gasteiger charge is -2.41. The molecule has 0 radical (unpaired) electrons. The molecule has 5 rings (SSSR count). The van der Waals surface area contributed by atoms with E-state index in [0.29, 0.717) is 0 Å². The van der Waals surface area contributed by atoms with Crippen molar-refractivity contribution in [3.05, 3.63) is 70.1 Å². The number of hydrogen-bond donors (Lipinski definition) is 2. The van der Waals surface area contributed by atoms with Crippen LogP contribution in [0.1, 0.15) is 58.6 Å². The Morgan fingerprint density at radius 2 is 1.67 bits per heavy atom. The number of fused-ring (bicyclic) bond motifs is 4. The molecule has 2 N–H and O–H groups in total. The highest BCUT2D eigenvalue weighted by Crippen LogP contribution is 2.44. The maximum absolute atomic E-state index is 13.4. The summed E-state index contributed by atoms with van der Waals surface area (Å²) in [6.45, 7) is 9.66. The Labute approximate surface area is 261 Å². The number of amides is 1. The van der Waals surface area contributed by atoms with Gasteiger partial charge in [0.15, 0.2) is 18.1 Å². The minimum absolute atomic E-state index is 0.0369. The molecule has 13 heteroatoms. The number of hydrogen-bond acceptors (Lipinski definition) is 10. The SMILES string of the molecule is C[C@@H](O[C@H]1O[C@H](CO)[C@@H]2OC(C)(C)O[C@@H]2[C@H]1N=[N+]=[N-])[C@H](NC(=O)OCC1c2ccccc2-c2ccccc21)C(=O)OC(C)(C)C. The highest BCUT2D eigenvalue weighted by atomic mass is 16.8. The number of esters is 1. The third-order valence-corrected chi connectivity index (χ3v) is 7.92. The molecule has 2 heterocycles. The Hall–Kier alpha value is -3.71. The Morgan fingerprint density at radius 1 is 1.07 bits per heavy atom. The van der Waals surface area contributed by atoms with Crippen LogP contribution in [0, 0.1) is 0 Å². The molecule has 45 heavy (non-hydrogen) atoms. The summed E-state index contributed by atoms with van der Waals surface area (Å²) in [6.07, 6.45) is -5.55. The molecule has 0 aromatic heterocycles. The van der Waals surface area contributed by atoms with Gasteiger partial charge in [-0.2, -0.15) is 0 Å². The minimum atomic E-state index is -1.34. The summed E-state index contributed by atoms with van der Waals surface area (Å²) in [5, 5.41) is 16.5. The molecule has 1 aliphatic carbocycles. The maximum Gasteiger partial charge on any atom is 0.407 e. The van der Waals surface area contributed by atoms with Gasteiger partial charge in [-0.25, -0.2) is 9.59 Å². The lowest BCUT2D eigenvalue weighted by molar-refractivity contribution is -0.261. The number of benzene rings is 2. The number of ether oxygens (including phenoxy) is 6. The molecule has 2 aromatic rings. The molecule has 2 aliphatic heterocycles. The number of nitrogens with one attached hydrogen (secondary N) is 1. The first-order valence-electron chi connectivity index (χ1n) is 15.0. The summed E-state index contributed by atoms with van der Waals surface area (Å²) in [7, 11) is 0. The first-order valence-corrected chi connectivity index (χ1v) is 15.0. The second-order valence-electron chi connectivity index (χ2n) is 12.8. The van der Waals surface area contributed by atoms with Crippen molar-refractivity contribution < 1.29 is 43.1 Å². The topological polar surface area (TPSA) is 171 Å². The highest BCUT2D eigenvalue weighted by molar-refractivity contribution is 5.82. The molecule has 2 saturated heterocycles. The van der Waals surface area contributed by atoms with E-state index in [9.17, 15) is 20.2 Å². The molecule has 13 nitrogen and oxygen atoms in total. The standard InChI is InChI=1S/C32H40N4O9/c1-17(41-29-25(35-36-33)27-26(23(15-37)42-29)43-32(5,6)44-27)24(28(38)45-31(2,3)4)34-30(39)40-16-22-20-13-9-7-11-18(20)19-12-8-10-14-21(19)22/h7-14,17,22-27,29,37H,15-16H2,1-6H3,(H,34,39)/t17-,23-,24+,25-,26+,27-,29+/m1/s1. The number of carbonyl (C=O) groups is 2. The van der Waals surface area contributed by atoms with Gasteiger partial charge in [0.25, 0.3) is 0 Å². The quantitative estimate of drug-likeness (QED) is 0.176. The smallest absolute Gasteiger partial charge is 0.407 e. The number of alkyl carbamates (subject to hydrolysis) is 1. The molecular formula is C32H40N4O9. The first kappa shape index (κ1) is 32.7. The van der Waals surface area contributed by atoms with Crippen LogP contribution in [0.4, 0.5) is 4.79 Å². The zero-order valence-electron chi connectivity index (χ0n) is 26.2. The Bertz CT molecular complexity index is 1410. The lowest BCUT2D eigenvalue weighted by Crippen LogP contribution is -2.59. The van der Waals surface area contributed by atoms with E-state index < -0.39 is 72.8 Å². The van der Waals surface area contributed by atoms with Gasteiger partial charge in [-0.1, -0.05) is 53.6 Å². The third-order valence-electron chi connectivity index (χ3n) is 7.92. The van der Waals surface area contributed by atoms with Crippen molar-refractivity contribution in [1.82, 2.24) is 5.32 Å². The lowest BCUT2D eigenvalue weighted by atomic mass is 9.97. The van der Waals surface area contributed by atoms with E-state index in [-0.39, 0.29) is 12.5 Å². The molecule has 3 aliphatic rings. The van der Waals surface area contributed by atoms with Gasteiger partial charge in [-0.15, -0.1) is 0 Å². The fraction of sp³-hybridized carbons (Fsp3) is 0.562. The molecule has 1 amide bonds. The molecular weight excluding hydrogens is 584 g/mol. The summed E-state index contributed by atoms with van der Waals surface area (Å²) in [5.41, 5.74) is 12.7. The first-order chi connectivity index (χ1) is 21.3. The van der Waals surface area contributed by atoms with Crippen LogP contribution in [0.25, 0.3) is 21.6 Å². The van der Waals surface area contributed by atoms with Crippen molar-refractivity contribution in [2.24, 2.45) is 5.11 Å². The minimum Gasteiger partial charge on any atom is -0.458 e. The van der Waals surface area contributed by atoms with E-state index in [4.69, 9.17) is 28.4 Å². The maximum atomic E-state index is 13.4. The Balaban J connectivity index is 1.32. The van der Waals surface area contributed by atoms with Crippen LogP contribution in [-0.2, 0) is 33.2 Å². The summed E-state index contributed by atoms with van der Waals surface area (Å²) >= 11 is 0. The van der Waals surface area contributed by atoms with Crippen molar-refractivity contribution in [2.45, 2.75) is 102 Å². The van der Waals surface area contributed by atoms with Crippen LogP contribution < -0.4 is 5.32 Å². The highest BCUT2D eigenvalue weighted by Gasteiger charge is 2.56. The van der Waals surface area contributed by atoms with Gasteiger partial charge in [0.2, 0.25) is 0 Å². The molecule has 0 saturated carbocycles. The van der Waals surface area contributed by atoms with E-state index in [1.54, 1.807) is 41.5 Å². The van der Waals surface area contributed by atoms with Gasteiger partial charge in [0, 0.05) is 10.8 Å². The second kappa shape index (κ2) is 13.0. The molecule has 2 aromatic carbocycles. The molecule has 0 unspecified atom stereocenters. The summed E-state index contributed by atoms with van der Waals surface area (Å²) in [5.74, 6) is -1.98. The zero-order valence-corrected chi connectivity index (χ0v) is 26.2. The Kier molecular flexibility index (Phi) is 9.41. The molecule has 7 atom stereocenters. The van der Waals surface area contributed by atoms with E-state index >= 15 is 0 Å². The summed E-state index contributed by atoms with van der Waals surface area (Å²) in [4.78, 5) is 29.5. The molecule has 242 valence electrons. The molecule has 0 spiro atoms. The van der Waals surface area contributed by atoms with Gasteiger partial charge in [0.05, 0.1) is 12.7 Å². The fourth-order valence-electron chi connectivity index (χ4n) is 6.08. The number of nitrogens with zero attached hydrogens (tertiary/aromatic N) is 3. The van der Waals surface area contributed by atoms with Crippen molar-refractivity contribution >= 4 is 12.1 Å². The predicted octanol–water partition coefficient (Wildman–Crippen LogP) is 4.56. The van der Waals surface area contributed by atoms with Gasteiger partial charge >= 0.3 is 12.1 Å². The van der Waals surface area contributed by atoms with Crippen molar-refractivity contribution in [2.75, 3.05) is 13.2 Å². The van der Waals surface area contributed by atoms with Gasteiger partial charge in [0.1, 0.15) is 36.6 Å². The van der Waals surface area contributed by atoms with Crippen LogP contribution in [0.15, 0.2) is 53.6 Å². The molecule has 0 bridgehead atoms. The Morgan fingerprint density at radius 3 is 2.24 bits per heavy atom. The average molecular weight is 625 g/mol. The van der Waals surface area contributed by atoms with Crippen LogP contribution in [0.5, 0.6) is 0 Å². The van der Waals surface area contributed by atoms with E-state index in [2.05, 4.69) is 15.3 Å². The average Bonchev–Trinajstić information content (AvgIpc) is 3.48. The monoisotopic (exact) mass is 624 g/mol. The van der Waals surface area contributed by atoms with Crippen LogP contribution in [0.3, 0.4) is 0 Å². The van der Waals surface area contributed by atoms with Crippen LogP contribution in [-0.4, -0.2) is 84.6 Å². The third kappa shape index (κ3) is 7.09. The van der Waals surface area contributed by atoms with Crippen molar-refractivity contribution in [3.8, 4) is 11.1 Å². The second-order valence-corrected chi connectivity index (χ2v) is 12.8. The van der Waals surface area contributed by atoms with Gasteiger partial charge in [-0.05, 0) is 69.3 Å². The van der Waals surface area contributed by atoms with Crippen molar-refractivity contribution in [3.63, 3.8) is 0 Å². The van der Waals surface area contributed by atoms with Crippen LogP contribution in [0.2, 0.25) is 0 Å². The largest absolute Gasteiger partial charge is 0.458 e. The number of aliphatic hydroxyl groups excluding tert-OH is 1. The number of aliphatic hydroxyl groups is 1. The summed E-state index contributed by atoms with van der Waals surface area (Å²) < 4.78 is 35.3. The number of rotatable bonds is 9. The van der Waals surface area contributed by atoms with E-state index in [0.717, 1.165) is 22.3 Å². The van der Waals surface area contributed by atoms with E-state index in [1.165, 1.54) is 0 Å². The van der Waals surface area contributed by atoms with Gasteiger partial charge < -0.3 is 38.8 Å². The van der Waals surface area contributed by atoms with E-state index in [1.807, 2.05) is 48.5 Å². The predicted molar refractivity (Wildman–Crippen MR) is 161 cm³/mol. The normalized spacial score (nSPS) is 26.4. The van der Waals surface area contributed by atoms with Crippen LogP contribution >= 0.6 is 0 Å². The van der Waals surface area contributed by atoms with Crippen molar-refractivity contribution in [1.29, 1.82) is 0 Å². The number of azide groups is 1.